The summed E-state index contributed by atoms with van der Waals surface area (Å²) < 4.78 is 5.28. The summed E-state index contributed by atoms with van der Waals surface area (Å²) in [7, 11) is 0. The molecule has 0 bridgehead atoms. The van der Waals surface area contributed by atoms with E-state index >= 15 is 0 Å². The fourth-order valence-electron chi connectivity index (χ4n) is 1.44. The summed E-state index contributed by atoms with van der Waals surface area (Å²) in [5, 5.41) is 0.712. The first-order chi connectivity index (χ1) is 7.79. The highest BCUT2D eigenvalue weighted by molar-refractivity contribution is 7.98. The highest BCUT2D eigenvalue weighted by Gasteiger charge is 2.04. The van der Waals surface area contributed by atoms with E-state index in [1.165, 1.54) is 11.1 Å². The van der Waals surface area contributed by atoms with Crippen LogP contribution in [0.2, 0.25) is 0 Å². The minimum atomic E-state index is 0.571. The normalized spacial score (nSPS) is 10.6. The number of aromatic nitrogens is 1. The highest BCUT2D eigenvalue weighted by Crippen LogP contribution is 2.23. The SMILES string of the molecule is Cc1coc(SCc2ccccc2CN)n1. The zero-order valence-electron chi connectivity index (χ0n) is 9.14. The van der Waals surface area contributed by atoms with Crippen molar-refractivity contribution in [2.75, 3.05) is 0 Å². The summed E-state index contributed by atoms with van der Waals surface area (Å²) in [6, 6.07) is 8.17. The number of nitrogens with two attached hydrogens (primary N) is 1. The van der Waals surface area contributed by atoms with Crippen molar-refractivity contribution < 1.29 is 4.42 Å². The van der Waals surface area contributed by atoms with Crippen molar-refractivity contribution in [3.05, 3.63) is 47.3 Å². The summed E-state index contributed by atoms with van der Waals surface area (Å²) in [5.41, 5.74) is 9.01. The molecule has 0 saturated heterocycles. The second-order valence-corrected chi connectivity index (χ2v) is 4.44. The van der Waals surface area contributed by atoms with Crippen LogP contribution < -0.4 is 5.73 Å². The zero-order valence-corrected chi connectivity index (χ0v) is 9.96. The molecule has 2 aromatic rings. The van der Waals surface area contributed by atoms with E-state index in [-0.39, 0.29) is 0 Å². The molecule has 3 nitrogen and oxygen atoms in total. The first-order valence-corrected chi connectivity index (χ1v) is 6.10. The maximum Gasteiger partial charge on any atom is 0.256 e. The van der Waals surface area contributed by atoms with Gasteiger partial charge in [-0.05, 0) is 18.1 Å². The largest absolute Gasteiger partial charge is 0.440 e. The number of aryl methyl sites for hydroxylation is 1. The van der Waals surface area contributed by atoms with E-state index < -0.39 is 0 Å². The maximum atomic E-state index is 5.68. The Balaban J connectivity index is 2.04. The molecule has 84 valence electrons. The van der Waals surface area contributed by atoms with Crippen LogP contribution in [0.3, 0.4) is 0 Å². The van der Waals surface area contributed by atoms with E-state index in [1.54, 1.807) is 18.0 Å². The molecule has 1 aromatic carbocycles. The minimum Gasteiger partial charge on any atom is -0.440 e. The lowest BCUT2D eigenvalue weighted by Crippen LogP contribution is -2.00. The molecule has 0 spiro atoms. The smallest absolute Gasteiger partial charge is 0.256 e. The van der Waals surface area contributed by atoms with Crippen molar-refractivity contribution in [1.82, 2.24) is 4.98 Å². The first kappa shape index (κ1) is 11.2. The molecular formula is C12H14N2OS. The van der Waals surface area contributed by atoms with Crippen LogP contribution in [0.15, 0.2) is 40.2 Å². The molecule has 0 amide bonds. The first-order valence-electron chi connectivity index (χ1n) is 5.11. The van der Waals surface area contributed by atoms with Gasteiger partial charge in [-0.2, -0.15) is 0 Å². The molecular weight excluding hydrogens is 220 g/mol. The lowest BCUT2D eigenvalue weighted by molar-refractivity contribution is 0.454. The van der Waals surface area contributed by atoms with E-state index in [0.717, 1.165) is 11.4 Å². The molecule has 4 heteroatoms. The van der Waals surface area contributed by atoms with E-state index in [0.29, 0.717) is 11.8 Å². The third kappa shape index (κ3) is 2.65. The molecule has 0 radical (unpaired) electrons. The molecule has 0 unspecified atom stereocenters. The molecule has 0 saturated carbocycles. The lowest BCUT2D eigenvalue weighted by atomic mass is 10.1. The predicted octanol–water partition coefficient (Wildman–Crippen LogP) is 2.73. The van der Waals surface area contributed by atoms with Gasteiger partial charge in [-0.3, -0.25) is 0 Å². The van der Waals surface area contributed by atoms with Gasteiger partial charge in [0.25, 0.3) is 5.22 Å². The minimum absolute atomic E-state index is 0.571. The third-order valence-corrected chi connectivity index (χ3v) is 3.18. The van der Waals surface area contributed by atoms with Crippen LogP contribution in [0.25, 0.3) is 0 Å². The van der Waals surface area contributed by atoms with Gasteiger partial charge in [0.1, 0.15) is 6.26 Å². The highest BCUT2D eigenvalue weighted by atomic mass is 32.2. The standard InChI is InChI=1S/C12H14N2OS/c1-9-7-15-12(14-9)16-8-11-5-3-2-4-10(11)6-13/h2-5,7H,6,8,13H2,1H3. The second kappa shape index (κ2) is 5.18. The van der Waals surface area contributed by atoms with Crippen molar-refractivity contribution >= 4 is 11.8 Å². The Kier molecular flexibility index (Phi) is 3.64. The van der Waals surface area contributed by atoms with Gasteiger partial charge in [-0.15, -0.1) is 0 Å². The Morgan fingerprint density at radius 3 is 2.69 bits per heavy atom. The molecule has 0 aliphatic carbocycles. The van der Waals surface area contributed by atoms with Gasteiger partial charge in [0.05, 0.1) is 5.69 Å². The van der Waals surface area contributed by atoms with Crippen molar-refractivity contribution in [1.29, 1.82) is 0 Å². The Bertz CT molecular complexity index is 468. The maximum absolute atomic E-state index is 5.68. The lowest BCUT2D eigenvalue weighted by Gasteiger charge is -2.05. The molecule has 0 aliphatic heterocycles. The molecule has 0 atom stereocenters. The monoisotopic (exact) mass is 234 g/mol. The number of oxazole rings is 1. The fourth-order valence-corrected chi connectivity index (χ4v) is 2.32. The van der Waals surface area contributed by atoms with Gasteiger partial charge < -0.3 is 10.2 Å². The number of hydrogen-bond donors (Lipinski definition) is 1. The Hall–Kier alpha value is -1.26. The Morgan fingerprint density at radius 2 is 2.06 bits per heavy atom. The Labute approximate surface area is 99.1 Å². The van der Waals surface area contributed by atoms with Crippen LogP contribution in [0.4, 0.5) is 0 Å². The predicted molar refractivity (Wildman–Crippen MR) is 65.1 cm³/mol. The molecule has 0 fully saturated rings. The van der Waals surface area contributed by atoms with Gasteiger partial charge in [0.2, 0.25) is 0 Å². The molecule has 0 aliphatic rings. The van der Waals surface area contributed by atoms with Gasteiger partial charge in [-0.25, -0.2) is 4.98 Å². The van der Waals surface area contributed by atoms with Gasteiger partial charge in [0, 0.05) is 12.3 Å². The van der Waals surface area contributed by atoms with Crippen molar-refractivity contribution in [2.45, 2.75) is 24.4 Å². The van der Waals surface area contributed by atoms with Crippen molar-refractivity contribution in [3.8, 4) is 0 Å². The van der Waals surface area contributed by atoms with Crippen molar-refractivity contribution in [3.63, 3.8) is 0 Å². The van der Waals surface area contributed by atoms with E-state index in [4.69, 9.17) is 10.2 Å². The molecule has 2 rings (SSSR count). The number of hydrogen-bond acceptors (Lipinski definition) is 4. The van der Waals surface area contributed by atoms with E-state index in [1.807, 2.05) is 19.1 Å². The summed E-state index contributed by atoms with van der Waals surface area (Å²) in [6.07, 6.45) is 1.66. The average molecular weight is 234 g/mol. The number of nitrogens with zero attached hydrogens (tertiary/aromatic N) is 1. The van der Waals surface area contributed by atoms with Crippen LogP contribution in [0, 0.1) is 6.92 Å². The quantitative estimate of drug-likeness (QED) is 0.826. The molecule has 16 heavy (non-hydrogen) atoms. The van der Waals surface area contributed by atoms with Gasteiger partial charge >= 0.3 is 0 Å². The van der Waals surface area contributed by atoms with Gasteiger partial charge in [-0.1, -0.05) is 36.0 Å². The van der Waals surface area contributed by atoms with Crippen LogP contribution in [-0.2, 0) is 12.3 Å². The third-order valence-electron chi connectivity index (χ3n) is 2.29. The van der Waals surface area contributed by atoms with Crippen LogP contribution in [0.1, 0.15) is 16.8 Å². The topological polar surface area (TPSA) is 52.0 Å². The van der Waals surface area contributed by atoms with Crippen molar-refractivity contribution in [2.24, 2.45) is 5.73 Å². The molecule has 1 aromatic heterocycles. The van der Waals surface area contributed by atoms with Crippen LogP contribution >= 0.6 is 11.8 Å². The van der Waals surface area contributed by atoms with Crippen LogP contribution in [0.5, 0.6) is 0 Å². The summed E-state index contributed by atoms with van der Waals surface area (Å²) in [4.78, 5) is 4.25. The van der Waals surface area contributed by atoms with E-state index in [2.05, 4.69) is 17.1 Å². The second-order valence-electron chi connectivity index (χ2n) is 3.52. The number of thioether (sulfide) groups is 1. The molecule has 1 heterocycles. The summed E-state index contributed by atoms with van der Waals surface area (Å²) in [5.74, 6) is 0.841. The fraction of sp³-hybridized carbons (Fsp3) is 0.250. The number of benzene rings is 1. The average Bonchev–Trinajstić information content (AvgIpc) is 2.73. The molecule has 2 N–H and O–H groups in total. The summed E-state index contributed by atoms with van der Waals surface area (Å²) >= 11 is 1.59. The Morgan fingerprint density at radius 1 is 1.31 bits per heavy atom. The zero-order chi connectivity index (χ0) is 11.4. The van der Waals surface area contributed by atoms with E-state index in [9.17, 15) is 0 Å². The number of rotatable bonds is 4. The van der Waals surface area contributed by atoms with Gasteiger partial charge in [0.15, 0.2) is 0 Å². The van der Waals surface area contributed by atoms with Crippen LogP contribution in [-0.4, -0.2) is 4.98 Å². The summed E-state index contributed by atoms with van der Waals surface area (Å²) in [6.45, 7) is 2.49.